The van der Waals surface area contributed by atoms with Crippen molar-refractivity contribution < 1.29 is 9.18 Å². The first-order chi connectivity index (χ1) is 14.1. The second-order valence-electron chi connectivity index (χ2n) is 7.20. The number of carbonyl (C=O) groups excluding carboxylic acids is 1. The van der Waals surface area contributed by atoms with E-state index in [0.717, 1.165) is 37.0 Å². The lowest BCUT2D eigenvalue weighted by Gasteiger charge is -2.29. The minimum Gasteiger partial charge on any atom is -0.352 e. The van der Waals surface area contributed by atoms with Crippen molar-refractivity contribution in [3.8, 4) is 0 Å². The lowest BCUT2D eigenvalue weighted by molar-refractivity contribution is -0.121. The molecule has 1 aliphatic heterocycles. The van der Waals surface area contributed by atoms with Gasteiger partial charge in [-0.05, 0) is 48.4 Å². The lowest BCUT2D eigenvalue weighted by Crippen LogP contribution is -2.37. The van der Waals surface area contributed by atoms with E-state index in [1.165, 1.54) is 29.9 Å². The Kier molecular flexibility index (Phi) is 5.89. The molecule has 3 aromatic rings. The van der Waals surface area contributed by atoms with Gasteiger partial charge in [0.25, 0.3) is 5.56 Å². The van der Waals surface area contributed by atoms with Crippen molar-refractivity contribution in [1.29, 1.82) is 0 Å². The summed E-state index contributed by atoms with van der Waals surface area (Å²) in [4.78, 5) is 32.2. The van der Waals surface area contributed by atoms with Gasteiger partial charge in [-0.3, -0.25) is 14.2 Å². The number of hydrogen-bond donors (Lipinski definition) is 1. The predicted molar refractivity (Wildman–Crippen MR) is 113 cm³/mol. The number of amides is 1. The van der Waals surface area contributed by atoms with Crippen LogP contribution in [-0.4, -0.2) is 28.5 Å². The summed E-state index contributed by atoms with van der Waals surface area (Å²) in [5.41, 5.74) is 1.46. The zero-order chi connectivity index (χ0) is 20.2. The Morgan fingerprint density at radius 3 is 2.66 bits per heavy atom. The molecule has 0 unspecified atom stereocenters. The molecule has 8 heteroatoms. The summed E-state index contributed by atoms with van der Waals surface area (Å²) in [6, 6.07) is 7.89. The van der Waals surface area contributed by atoms with Gasteiger partial charge in [0, 0.05) is 32.6 Å². The van der Waals surface area contributed by atoms with Crippen LogP contribution in [0.5, 0.6) is 0 Å². The van der Waals surface area contributed by atoms with E-state index >= 15 is 0 Å². The van der Waals surface area contributed by atoms with Crippen LogP contribution in [0.4, 0.5) is 10.3 Å². The average molecular weight is 415 g/mol. The summed E-state index contributed by atoms with van der Waals surface area (Å²) in [6.07, 6.45) is 3.53. The van der Waals surface area contributed by atoms with Crippen LogP contribution in [0.1, 0.15) is 31.2 Å². The SMILES string of the molecule is O=C(CCn1c(N2CCCCC2)nc2ccsc2c1=O)NCc1ccc(F)cc1. The van der Waals surface area contributed by atoms with E-state index in [1.807, 2.05) is 11.4 Å². The van der Waals surface area contributed by atoms with E-state index in [4.69, 9.17) is 4.98 Å². The third kappa shape index (κ3) is 4.48. The molecule has 1 aliphatic rings. The molecule has 3 heterocycles. The summed E-state index contributed by atoms with van der Waals surface area (Å²) in [6.45, 7) is 2.35. The highest BCUT2D eigenvalue weighted by atomic mass is 32.1. The molecule has 1 saturated heterocycles. The van der Waals surface area contributed by atoms with Crippen molar-refractivity contribution >= 4 is 33.4 Å². The number of halogens is 1. The van der Waals surface area contributed by atoms with Crippen molar-refractivity contribution in [1.82, 2.24) is 14.9 Å². The Balaban J connectivity index is 1.48. The van der Waals surface area contributed by atoms with Crippen LogP contribution in [0.25, 0.3) is 10.2 Å². The molecule has 6 nitrogen and oxygen atoms in total. The average Bonchev–Trinajstić information content (AvgIpc) is 3.22. The van der Waals surface area contributed by atoms with Gasteiger partial charge in [-0.15, -0.1) is 11.3 Å². The molecule has 29 heavy (non-hydrogen) atoms. The number of thiophene rings is 1. The quantitative estimate of drug-likeness (QED) is 0.672. The van der Waals surface area contributed by atoms with Crippen molar-refractivity contribution in [3.63, 3.8) is 0 Å². The first-order valence-corrected chi connectivity index (χ1v) is 10.7. The first kappa shape index (κ1) is 19.6. The molecule has 1 fully saturated rings. The number of fused-ring (bicyclic) bond motifs is 1. The van der Waals surface area contributed by atoms with Gasteiger partial charge in [0.2, 0.25) is 11.9 Å². The normalized spacial score (nSPS) is 14.3. The molecule has 0 radical (unpaired) electrons. The molecular formula is C21H23FN4O2S. The maximum absolute atomic E-state index is 13.0. The first-order valence-electron chi connectivity index (χ1n) is 9.86. The van der Waals surface area contributed by atoms with Crippen LogP contribution in [0.15, 0.2) is 40.5 Å². The fourth-order valence-electron chi connectivity index (χ4n) is 3.57. The summed E-state index contributed by atoms with van der Waals surface area (Å²) < 4.78 is 15.2. The van der Waals surface area contributed by atoms with Crippen molar-refractivity contribution in [3.05, 3.63) is 57.4 Å². The van der Waals surface area contributed by atoms with Crippen LogP contribution < -0.4 is 15.8 Å². The lowest BCUT2D eigenvalue weighted by atomic mass is 10.1. The molecule has 1 N–H and O–H groups in total. The number of rotatable bonds is 6. The minimum absolute atomic E-state index is 0.0862. The Bertz CT molecular complexity index is 1050. The van der Waals surface area contributed by atoms with E-state index in [9.17, 15) is 14.0 Å². The van der Waals surface area contributed by atoms with Crippen LogP contribution in [0.3, 0.4) is 0 Å². The van der Waals surface area contributed by atoms with Gasteiger partial charge >= 0.3 is 0 Å². The highest BCUT2D eigenvalue weighted by Gasteiger charge is 2.20. The minimum atomic E-state index is -0.304. The number of nitrogens with one attached hydrogen (secondary N) is 1. The van der Waals surface area contributed by atoms with Crippen molar-refractivity contribution in [2.75, 3.05) is 18.0 Å². The number of carbonyl (C=O) groups is 1. The molecule has 1 aromatic carbocycles. The van der Waals surface area contributed by atoms with E-state index in [2.05, 4.69) is 10.2 Å². The number of benzene rings is 1. The van der Waals surface area contributed by atoms with Gasteiger partial charge < -0.3 is 10.2 Å². The molecule has 0 aliphatic carbocycles. The van der Waals surface area contributed by atoms with Crippen LogP contribution in [0, 0.1) is 5.82 Å². The van der Waals surface area contributed by atoms with Crippen LogP contribution in [0.2, 0.25) is 0 Å². The zero-order valence-corrected chi connectivity index (χ0v) is 16.9. The number of anilines is 1. The smallest absolute Gasteiger partial charge is 0.272 e. The summed E-state index contributed by atoms with van der Waals surface area (Å²) in [5.74, 6) is 0.199. The van der Waals surface area contributed by atoms with Gasteiger partial charge in [0.05, 0.1) is 5.52 Å². The van der Waals surface area contributed by atoms with Crippen LogP contribution >= 0.6 is 11.3 Å². The molecule has 152 valence electrons. The third-order valence-corrected chi connectivity index (χ3v) is 6.04. The third-order valence-electron chi connectivity index (χ3n) is 5.15. The topological polar surface area (TPSA) is 67.2 Å². The molecular weight excluding hydrogens is 391 g/mol. The Labute approximate surface area is 172 Å². The molecule has 0 bridgehead atoms. The van der Waals surface area contributed by atoms with E-state index in [1.54, 1.807) is 16.7 Å². The predicted octanol–water partition coefficient (Wildman–Crippen LogP) is 3.29. The summed E-state index contributed by atoms with van der Waals surface area (Å²) >= 11 is 1.38. The second-order valence-corrected chi connectivity index (χ2v) is 8.12. The fourth-order valence-corrected chi connectivity index (χ4v) is 4.35. The highest BCUT2D eigenvalue weighted by Crippen LogP contribution is 2.22. The van der Waals surface area contributed by atoms with E-state index in [-0.39, 0.29) is 30.2 Å². The fraction of sp³-hybridized carbons (Fsp3) is 0.381. The van der Waals surface area contributed by atoms with Gasteiger partial charge in [-0.25, -0.2) is 9.37 Å². The van der Waals surface area contributed by atoms with E-state index in [0.29, 0.717) is 17.2 Å². The number of piperidine rings is 1. The molecule has 0 atom stereocenters. The Morgan fingerprint density at radius 2 is 1.90 bits per heavy atom. The Morgan fingerprint density at radius 1 is 1.14 bits per heavy atom. The zero-order valence-electron chi connectivity index (χ0n) is 16.1. The maximum Gasteiger partial charge on any atom is 0.272 e. The summed E-state index contributed by atoms with van der Waals surface area (Å²) in [7, 11) is 0. The molecule has 0 saturated carbocycles. The largest absolute Gasteiger partial charge is 0.352 e. The second kappa shape index (κ2) is 8.73. The van der Waals surface area contributed by atoms with Gasteiger partial charge in [-0.2, -0.15) is 0 Å². The Hall–Kier alpha value is -2.74. The van der Waals surface area contributed by atoms with Crippen molar-refractivity contribution in [2.45, 2.75) is 38.8 Å². The molecule has 1 amide bonds. The van der Waals surface area contributed by atoms with Crippen LogP contribution in [-0.2, 0) is 17.9 Å². The summed E-state index contributed by atoms with van der Waals surface area (Å²) in [5, 5.41) is 4.70. The molecule has 2 aromatic heterocycles. The highest BCUT2D eigenvalue weighted by molar-refractivity contribution is 7.17. The monoisotopic (exact) mass is 414 g/mol. The molecule has 0 spiro atoms. The van der Waals surface area contributed by atoms with Crippen molar-refractivity contribution in [2.24, 2.45) is 0 Å². The van der Waals surface area contributed by atoms with E-state index < -0.39 is 0 Å². The number of aromatic nitrogens is 2. The van der Waals surface area contributed by atoms with Gasteiger partial charge in [0.1, 0.15) is 10.5 Å². The van der Waals surface area contributed by atoms with Gasteiger partial charge in [0.15, 0.2) is 0 Å². The van der Waals surface area contributed by atoms with Gasteiger partial charge in [-0.1, -0.05) is 12.1 Å². The maximum atomic E-state index is 13.0. The number of hydrogen-bond acceptors (Lipinski definition) is 5. The molecule has 4 rings (SSSR count). The number of nitrogens with zero attached hydrogens (tertiary/aromatic N) is 3. The standard InChI is InChI=1S/C21H23FN4O2S/c22-16-6-4-15(5-7-16)14-23-18(27)8-12-26-20(28)19-17(9-13-29-19)24-21(26)25-10-2-1-3-11-25/h4-7,9,13H,1-3,8,10-12,14H2,(H,23,27).